The highest BCUT2D eigenvalue weighted by Crippen LogP contribution is 2.45. The summed E-state index contributed by atoms with van der Waals surface area (Å²) in [6, 6.07) is 0. The lowest BCUT2D eigenvalue weighted by Gasteiger charge is -2.27. The molecule has 1 N–H and O–H groups in total. The standard InChI is InChI=1S/C10H17NO2/c1-3-8-4-5-10(7(8)2)6-11-9(12)13-10/h7-8H,3-6H2,1-2H3,(H,11,12). The smallest absolute Gasteiger partial charge is 0.407 e. The third kappa shape index (κ3) is 1.21. The highest BCUT2D eigenvalue weighted by Gasteiger charge is 2.51. The summed E-state index contributed by atoms with van der Waals surface area (Å²) in [6.45, 7) is 5.13. The molecule has 74 valence electrons. The van der Waals surface area contributed by atoms with Crippen LogP contribution >= 0.6 is 0 Å². The normalized spacial score (nSPS) is 43.7. The summed E-state index contributed by atoms with van der Waals surface area (Å²) < 4.78 is 5.40. The van der Waals surface area contributed by atoms with Crippen molar-refractivity contribution < 1.29 is 9.53 Å². The van der Waals surface area contributed by atoms with Gasteiger partial charge in [-0.15, -0.1) is 0 Å². The van der Waals surface area contributed by atoms with E-state index in [1.165, 1.54) is 12.8 Å². The molecular formula is C10H17NO2. The van der Waals surface area contributed by atoms with E-state index >= 15 is 0 Å². The molecule has 3 unspecified atom stereocenters. The fourth-order valence-electron chi connectivity index (χ4n) is 2.77. The van der Waals surface area contributed by atoms with Gasteiger partial charge in [-0.05, 0) is 18.8 Å². The van der Waals surface area contributed by atoms with Crippen LogP contribution in [-0.2, 0) is 4.74 Å². The zero-order valence-electron chi connectivity index (χ0n) is 8.30. The number of nitrogens with one attached hydrogen (secondary N) is 1. The van der Waals surface area contributed by atoms with Crippen LogP contribution in [0.1, 0.15) is 33.1 Å². The predicted octanol–water partition coefficient (Wildman–Crippen LogP) is 1.92. The van der Waals surface area contributed by atoms with Gasteiger partial charge in [0.1, 0.15) is 5.60 Å². The summed E-state index contributed by atoms with van der Waals surface area (Å²) in [5, 5.41) is 2.77. The minimum absolute atomic E-state index is 0.169. The lowest BCUT2D eigenvalue weighted by molar-refractivity contribution is 0.0223. The van der Waals surface area contributed by atoms with Crippen LogP contribution in [0.15, 0.2) is 0 Å². The molecule has 13 heavy (non-hydrogen) atoms. The number of carbonyl (C=O) groups is 1. The molecule has 1 saturated heterocycles. The highest BCUT2D eigenvalue weighted by atomic mass is 16.6. The average molecular weight is 183 g/mol. The molecule has 0 aromatic carbocycles. The van der Waals surface area contributed by atoms with Crippen molar-refractivity contribution in [3.63, 3.8) is 0 Å². The van der Waals surface area contributed by atoms with Crippen molar-refractivity contribution in [2.45, 2.75) is 38.7 Å². The van der Waals surface area contributed by atoms with Gasteiger partial charge in [-0.3, -0.25) is 0 Å². The van der Waals surface area contributed by atoms with E-state index in [2.05, 4.69) is 19.2 Å². The first-order valence-corrected chi connectivity index (χ1v) is 5.15. The number of hydrogen-bond donors (Lipinski definition) is 1. The van der Waals surface area contributed by atoms with Crippen LogP contribution < -0.4 is 5.32 Å². The summed E-state index contributed by atoms with van der Waals surface area (Å²) in [4.78, 5) is 11.0. The molecule has 1 spiro atoms. The van der Waals surface area contributed by atoms with Crippen LogP contribution in [0.5, 0.6) is 0 Å². The van der Waals surface area contributed by atoms with Crippen molar-refractivity contribution in [3.8, 4) is 0 Å². The number of ether oxygens (including phenoxy) is 1. The number of hydrogen-bond acceptors (Lipinski definition) is 2. The molecule has 1 aliphatic carbocycles. The zero-order valence-corrected chi connectivity index (χ0v) is 8.30. The third-order valence-electron chi connectivity index (χ3n) is 3.83. The molecule has 3 atom stereocenters. The van der Waals surface area contributed by atoms with Gasteiger partial charge in [-0.25, -0.2) is 4.79 Å². The van der Waals surface area contributed by atoms with E-state index in [0.29, 0.717) is 12.5 Å². The second-order valence-corrected chi connectivity index (χ2v) is 4.30. The van der Waals surface area contributed by atoms with Crippen molar-refractivity contribution in [1.82, 2.24) is 5.32 Å². The van der Waals surface area contributed by atoms with Crippen molar-refractivity contribution in [1.29, 1.82) is 0 Å². The molecule has 2 aliphatic rings. The van der Waals surface area contributed by atoms with E-state index in [-0.39, 0.29) is 11.7 Å². The van der Waals surface area contributed by atoms with Crippen LogP contribution in [-0.4, -0.2) is 18.2 Å². The van der Waals surface area contributed by atoms with Crippen LogP contribution in [0.2, 0.25) is 0 Å². The monoisotopic (exact) mass is 183 g/mol. The molecule has 0 radical (unpaired) electrons. The van der Waals surface area contributed by atoms with Crippen molar-refractivity contribution >= 4 is 6.09 Å². The number of amides is 1. The first-order valence-electron chi connectivity index (χ1n) is 5.15. The summed E-state index contributed by atoms with van der Waals surface area (Å²) in [6.07, 6.45) is 3.20. The van der Waals surface area contributed by atoms with Crippen molar-refractivity contribution in [2.24, 2.45) is 11.8 Å². The molecule has 0 aromatic rings. The van der Waals surface area contributed by atoms with Gasteiger partial charge in [-0.2, -0.15) is 0 Å². The Bertz CT molecular complexity index is 229. The van der Waals surface area contributed by atoms with E-state index in [9.17, 15) is 4.79 Å². The summed E-state index contributed by atoms with van der Waals surface area (Å²) >= 11 is 0. The molecule has 0 bridgehead atoms. The van der Waals surface area contributed by atoms with E-state index in [4.69, 9.17) is 4.74 Å². The molecule has 2 rings (SSSR count). The SMILES string of the molecule is CCC1CCC2(CNC(=O)O2)C1C. The highest BCUT2D eigenvalue weighted by molar-refractivity contribution is 5.70. The summed E-state index contributed by atoms with van der Waals surface area (Å²) in [7, 11) is 0. The molecular weight excluding hydrogens is 166 g/mol. The van der Waals surface area contributed by atoms with E-state index in [0.717, 1.165) is 12.3 Å². The molecule has 1 amide bonds. The Morgan fingerprint density at radius 3 is 2.92 bits per heavy atom. The fraction of sp³-hybridized carbons (Fsp3) is 0.900. The van der Waals surface area contributed by atoms with Crippen LogP contribution in [0.25, 0.3) is 0 Å². The first-order chi connectivity index (χ1) is 6.18. The number of rotatable bonds is 1. The maximum absolute atomic E-state index is 11.0. The quantitative estimate of drug-likeness (QED) is 0.674. The van der Waals surface area contributed by atoms with Gasteiger partial charge in [0.2, 0.25) is 0 Å². The Morgan fingerprint density at radius 1 is 1.69 bits per heavy atom. The molecule has 2 fully saturated rings. The predicted molar refractivity (Wildman–Crippen MR) is 49.4 cm³/mol. The fourth-order valence-corrected chi connectivity index (χ4v) is 2.77. The van der Waals surface area contributed by atoms with Gasteiger partial charge in [0, 0.05) is 5.92 Å². The number of carbonyl (C=O) groups excluding carboxylic acids is 1. The largest absolute Gasteiger partial charge is 0.441 e. The minimum Gasteiger partial charge on any atom is -0.441 e. The van der Waals surface area contributed by atoms with E-state index < -0.39 is 0 Å². The lowest BCUT2D eigenvalue weighted by atomic mass is 9.86. The topological polar surface area (TPSA) is 38.3 Å². The van der Waals surface area contributed by atoms with Gasteiger partial charge >= 0.3 is 6.09 Å². The van der Waals surface area contributed by atoms with E-state index in [1.807, 2.05) is 0 Å². The maximum atomic E-state index is 11.0. The summed E-state index contributed by atoms with van der Waals surface area (Å²) in [5.41, 5.74) is -0.169. The van der Waals surface area contributed by atoms with Gasteiger partial charge in [-0.1, -0.05) is 20.3 Å². The van der Waals surface area contributed by atoms with Gasteiger partial charge < -0.3 is 10.1 Å². The molecule has 3 nitrogen and oxygen atoms in total. The van der Waals surface area contributed by atoms with Gasteiger partial charge in [0.05, 0.1) is 6.54 Å². The Labute approximate surface area is 78.8 Å². The van der Waals surface area contributed by atoms with Crippen LogP contribution in [0.4, 0.5) is 4.79 Å². The Hall–Kier alpha value is -0.730. The van der Waals surface area contributed by atoms with Crippen LogP contribution in [0, 0.1) is 11.8 Å². The number of alkyl carbamates (subject to hydrolysis) is 1. The first kappa shape index (κ1) is 8.85. The van der Waals surface area contributed by atoms with Crippen molar-refractivity contribution in [3.05, 3.63) is 0 Å². The summed E-state index contributed by atoms with van der Waals surface area (Å²) in [5.74, 6) is 1.24. The minimum atomic E-state index is -0.233. The molecule has 0 aromatic heterocycles. The maximum Gasteiger partial charge on any atom is 0.407 e. The lowest BCUT2D eigenvalue weighted by Crippen LogP contribution is -2.37. The Balaban J connectivity index is 2.13. The molecule has 1 aliphatic heterocycles. The molecule has 3 heteroatoms. The second-order valence-electron chi connectivity index (χ2n) is 4.30. The van der Waals surface area contributed by atoms with E-state index in [1.54, 1.807) is 0 Å². The molecule has 1 heterocycles. The van der Waals surface area contributed by atoms with Crippen molar-refractivity contribution in [2.75, 3.05) is 6.54 Å². The molecule has 1 saturated carbocycles. The average Bonchev–Trinajstić information content (AvgIpc) is 2.62. The van der Waals surface area contributed by atoms with Gasteiger partial charge in [0.25, 0.3) is 0 Å². The third-order valence-corrected chi connectivity index (χ3v) is 3.83. The van der Waals surface area contributed by atoms with Crippen LogP contribution in [0.3, 0.4) is 0 Å². The second kappa shape index (κ2) is 2.89. The zero-order chi connectivity index (χ0) is 9.47. The van der Waals surface area contributed by atoms with Gasteiger partial charge in [0.15, 0.2) is 0 Å². The Kier molecular flexibility index (Phi) is 1.97. The Morgan fingerprint density at radius 2 is 2.46 bits per heavy atom.